The number of amides is 1. The van der Waals surface area contributed by atoms with E-state index in [4.69, 9.17) is 4.74 Å². The molecule has 1 saturated heterocycles. The van der Waals surface area contributed by atoms with Crippen LogP contribution >= 0.6 is 0 Å². The lowest BCUT2D eigenvalue weighted by molar-refractivity contribution is -0.117. The average molecular weight is 330 g/mol. The molecule has 3 rings (SSSR count). The molecule has 1 amide bonds. The number of ether oxygens (including phenoxy) is 1. The van der Waals surface area contributed by atoms with E-state index in [1.165, 1.54) is 5.56 Å². The van der Waals surface area contributed by atoms with Gasteiger partial charge in [0.2, 0.25) is 5.91 Å². The van der Waals surface area contributed by atoms with Crippen molar-refractivity contribution in [3.05, 3.63) is 29.8 Å². The van der Waals surface area contributed by atoms with Crippen molar-refractivity contribution in [2.45, 2.75) is 31.8 Å². The van der Waals surface area contributed by atoms with E-state index in [0.717, 1.165) is 38.1 Å². The Labute approximate surface area is 143 Å². The summed E-state index contributed by atoms with van der Waals surface area (Å²) in [7, 11) is 1.71. The lowest BCUT2D eigenvalue weighted by atomic mass is 10.0. The van der Waals surface area contributed by atoms with Crippen molar-refractivity contribution in [3.8, 4) is 0 Å². The fraction of sp³-hybridized carbons (Fsp3) is 0.556. The zero-order chi connectivity index (χ0) is 17.0. The van der Waals surface area contributed by atoms with Crippen molar-refractivity contribution < 1.29 is 9.53 Å². The van der Waals surface area contributed by atoms with Crippen LogP contribution in [0.2, 0.25) is 0 Å². The minimum Gasteiger partial charge on any atom is -0.373 e. The first-order chi connectivity index (χ1) is 11.6. The maximum atomic E-state index is 12.5. The van der Waals surface area contributed by atoms with E-state index >= 15 is 0 Å². The molecule has 2 N–H and O–H groups in total. The summed E-state index contributed by atoms with van der Waals surface area (Å²) in [5.41, 5.74) is 2.12. The average Bonchev–Trinajstić information content (AvgIpc) is 3.21. The van der Waals surface area contributed by atoms with E-state index in [1.807, 2.05) is 23.1 Å². The summed E-state index contributed by atoms with van der Waals surface area (Å²) in [6.45, 7) is 4.58. The van der Waals surface area contributed by atoms with Crippen molar-refractivity contribution in [3.63, 3.8) is 0 Å². The summed E-state index contributed by atoms with van der Waals surface area (Å²) >= 11 is 0. The van der Waals surface area contributed by atoms with Gasteiger partial charge in [-0.1, -0.05) is 18.2 Å². The van der Waals surface area contributed by atoms with Crippen LogP contribution in [0.15, 0.2) is 29.3 Å². The molecule has 0 radical (unpaired) electrons. The van der Waals surface area contributed by atoms with Crippen LogP contribution in [0, 0.1) is 0 Å². The summed E-state index contributed by atoms with van der Waals surface area (Å²) in [5.74, 6) is 0.693. The smallest absolute Gasteiger partial charge is 0.246 e. The monoisotopic (exact) mass is 330 g/mol. The molecule has 6 nitrogen and oxygen atoms in total. The quantitative estimate of drug-likeness (QED) is 0.645. The molecule has 2 heterocycles. The predicted octanol–water partition coefficient (Wildman–Crippen LogP) is 1.31. The molecule has 24 heavy (non-hydrogen) atoms. The third kappa shape index (κ3) is 3.70. The fourth-order valence-corrected chi connectivity index (χ4v) is 3.32. The summed E-state index contributed by atoms with van der Waals surface area (Å²) in [4.78, 5) is 18.5. The molecule has 0 aromatic heterocycles. The van der Waals surface area contributed by atoms with Gasteiger partial charge in [0, 0.05) is 32.4 Å². The number of nitrogens with zero attached hydrogens (tertiary/aromatic N) is 2. The molecule has 1 fully saturated rings. The van der Waals surface area contributed by atoms with Crippen LogP contribution in [0.5, 0.6) is 0 Å². The van der Waals surface area contributed by atoms with Gasteiger partial charge >= 0.3 is 0 Å². The molecule has 2 aliphatic heterocycles. The Balaban J connectivity index is 1.50. The minimum atomic E-state index is -0.143. The topological polar surface area (TPSA) is 66.0 Å². The molecule has 1 unspecified atom stereocenters. The van der Waals surface area contributed by atoms with Crippen LogP contribution in [-0.2, 0) is 16.0 Å². The maximum Gasteiger partial charge on any atom is 0.246 e. The third-order valence-corrected chi connectivity index (χ3v) is 4.75. The Morgan fingerprint density at radius 3 is 2.96 bits per heavy atom. The highest BCUT2D eigenvalue weighted by Crippen LogP contribution is 2.27. The first kappa shape index (κ1) is 16.8. The maximum absolute atomic E-state index is 12.5. The van der Waals surface area contributed by atoms with Gasteiger partial charge < -0.3 is 20.3 Å². The predicted molar refractivity (Wildman–Crippen MR) is 95.5 cm³/mol. The summed E-state index contributed by atoms with van der Waals surface area (Å²) in [5, 5.41) is 6.37. The van der Waals surface area contributed by atoms with Crippen LogP contribution in [0.4, 0.5) is 5.69 Å². The summed E-state index contributed by atoms with van der Waals surface area (Å²) < 4.78 is 5.76. The normalized spacial score (nSPS) is 23.2. The van der Waals surface area contributed by atoms with E-state index in [9.17, 15) is 4.79 Å². The number of anilines is 1. The van der Waals surface area contributed by atoms with Gasteiger partial charge in [-0.25, -0.2) is 0 Å². The van der Waals surface area contributed by atoms with Crippen molar-refractivity contribution in [2.75, 3.05) is 38.2 Å². The van der Waals surface area contributed by atoms with Gasteiger partial charge in [-0.2, -0.15) is 0 Å². The summed E-state index contributed by atoms with van der Waals surface area (Å²) in [6.07, 6.45) is 3.06. The Morgan fingerprint density at radius 1 is 1.38 bits per heavy atom. The van der Waals surface area contributed by atoms with E-state index in [1.54, 1.807) is 7.05 Å². The standard InChI is InChI=1S/C18H26N4O2/c1-18(9-5-11-24-18)13-21-17(19-2)20-12-16(23)22-10-8-14-6-3-4-7-15(14)22/h3-4,6-7H,5,8-13H2,1-2H3,(H2,19,20,21). The molecule has 2 aliphatic rings. The van der Waals surface area contributed by atoms with Crippen LogP contribution in [-0.4, -0.2) is 50.8 Å². The van der Waals surface area contributed by atoms with Crippen LogP contribution in [0.1, 0.15) is 25.3 Å². The Bertz CT molecular complexity index is 623. The minimum absolute atomic E-state index is 0.0613. The molecule has 0 spiro atoms. The largest absolute Gasteiger partial charge is 0.373 e. The number of guanidine groups is 1. The second-order valence-corrected chi connectivity index (χ2v) is 6.61. The SMILES string of the molecule is CN=C(NCC(=O)N1CCc2ccccc21)NCC1(C)CCCO1. The molecular formula is C18H26N4O2. The number of carbonyl (C=O) groups is 1. The van der Waals surface area contributed by atoms with Gasteiger partial charge in [-0.05, 0) is 37.8 Å². The lowest BCUT2D eigenvalue weighted by Crippen LogP contribution is -2.48. The highest BCUT2D eigenvalue weighted by molar-refractivity contribution is 5.98. The Kier molecular flexibility index (Phi) is 5.04. The number of hydrogen-bond donors (Lipinski definition) is 2. The first-order valence-corrected chi connectivity index (χ1v) is 8.58. The number of para-hydroxylation sites is 1. The van der Waals surface area contributed by atoms with Gasteiger partial charge in [0.1, 0.15) is 0 Å². The molecule has 1 atom stereocenters. The molecule has 6 heteroatoms. The second-order valence-electron chi connectivity index (χ2n) is 6.61. The van der Waals surface area contributed by atoms with Gasteiger partial charge in [0.25, 0.3) is 0 Å². The molecule has 0 bridgehead atoms. The van der Waals surface area contributed by atoms with Gasteiger partial charge in [0.15, 0.2) is 5.96 Å². The molecule has 0 aliphatic carbocycles. The molecule has 0 saturated carbocycles. The highest BCUT2D eigenvalue weighted by atomic mass is 16.5. The zero-order valence-electron chi connectivity index (χ0n) is 14.5. The lowest BCUT2D eigenvalue weighted by Gasteiger charge is -2.25. The Hall–Kier alpha value is -2.08. The van der Waals surface area contributed by atoms with Crippen LogP contribution in [0.25, 0.3) is 0 Å². The Morgan fingerprint density at radius 2 is 2.21 bits per heavy atom. The second kappa shape index (κ2) is 7.21. The fourth-order valence-electron chi connectivity index (χ4n) is 3.32. The molecule has 1 aromatic rings. The third-order valence-electron chi connectivity index (χ3n) is 4.75. The number of nitrogens with one attached hydrogen (secondary N) is 2. The van der Waals surface area contributed by atoms with E-state index in [0.29, 0.717) is 12.5 Å². The summed E-state index contributed by atoms with van der Waals surface area (Å²) in [6, 6.07) is 8.08. The first-order valence-electron chi connectivity index (χ1n) is 8.58. The number of fused-ring (bicyclic) bond motifs is 1. The molecular weight excluding hydrogens is 304 g/mol. The van der Waals surface area contributed by atoms with E-state index in [2.05, 4.69) is 28.6 Å². The van der Waals surface area contributed by atoms with Crippen molar-refractivity contribution >= 4 is 17.6 Å². The van der Waals surface area contributed by atoms with Crippen LogP contribution < -0.4 is 15.5 Å². The molecule has 130 valence electrons. The number of carbonyl (C=O) groups excluding carboxylic acids is 1. The number of hydrogen-bond acceptors (Lipinski definition) is 3. The van der Waals surface area contributed by atoms with Gasteiger partial charge in [-0.15, -0.1) is 0 Å². The van der Waals surface area contributed by atoms with Crippen molar-refractivity contribution in [2.24, 2.45) is 4.99 Å². The number of aliphatic imine (C=N–C) groups is 1. The van der Waals surface area contributed by atoms with Crippen molar-refractivity contribution in [1.29, 1.82) is 0 Å². The van der Waals surface area contributed by atoms with E-state index < -0.39 is 0 Å². The van der Waals surface area contributed by atoms with Gasteiger partial charge in [-0.3, -0.25) is 9.79 Å². The zero-order valence-corrected chi connectivity index (χ0v) is 14.5. The number of rotatable bonds is 4. The molecule has 1 aromatic carbocycles. The highest BCUT2D eigenvalue weighted by Gasteiger charge is 2.30. The van der Waals surface area contributed by atoms with Crippen LogP contribution in [0.3, 0.4) is 0 Å². The van der Waals surface area contributed by atoms with E-state index in [-0.39, 0.29) is 18.1 Å². The van der Waals surface area contributed by atoms with Crippen molar-refractivity contribution in [1.82, 2.24) is 10.6 Å². The van der Waals surface area contributed by atoms with Gasteiger partial charge in [0.05, 0.1) is 12.1 Å². The number of benzene rings is 1.